The molecule has 156 valence electrons. The Morgan fingerprint density at radius 1 is 1.21 bits per heavy atom. The largest absolute Gasteiger partial charge is 0.454 e. The molecule has 0 aromatic carbocycles. The molecule has 1 aromatic heterocycles. The molecule has 1 saturated carbocycles. The fourth-order valence-electron chi connectivity index (χ4n) is 3.75. The van der Waals surface area contributed by atoms with Gasteiger partial charge in [0.05, 0.1) is 27.6 Å². The molecule has 0 unspecified atom stereocenters. The molecule has 10 heteroatoms. The number of ether oxygens (including phenoxy) is 1. The Morgan fingerprint density at radius 2 is 1.79 bits per heavy atom. The molecule has 3 rings (SSSR count). The fraction of sp³-hybridized carbons (Fsp3) is 0.526. The number of carbonyl (C=O) groups is 4. The van der Waals surface area contributed by atoms with Crippen molar-refractivity contribution in [2.75, 3.05) is 11.9 Å². The van der Waals surface area contributed by atoms with Gasteiger partial charge in [0.2, 0.25) is 11.8 Å². The predicted octanol–water partition coefficient (Wildman–Crippen LogP) is 2.74. The molecule has 0 radical (unpaired) electrons. The zero-order chi connectivity index (χ0) is 21.3. The lowest BCUT2D eigenvalue weighted by molar-refractivity contribution is -0.159. The van der Waals surface area contributed by atoms with Crippen LogP contribution >= 0.6 is 23.2 Å². The molecule has 2 aliphatic rings. The first-order valence-corrected chi connectivity index (χ1v) is 10.1. The number of aryl methyl sites for hydroxylation is 1. The molecule has 1 aromatic rings. The maximum Gasteiger partial charge on any atom is 0.329 e. The summed E-state index contributed by atoms with van der Waals surface area (Å²) >= 11 is 11.9. The van der Waals surface area contributed by atoms with Crippen LogP contribution in [0.4, 0.5) is 5.82 Å². The number of carbonyl (C=O) groups excluding carboxylic acids is 4. The van der Waals surface area contributed by atoms with Crippen molar-refractivity contribution >= 4 is 52.7 Å². The number of nitrogens with one attached hydrogen (secondary N) is 1. The van der Waals surface area contributed by atoms with Crippen molar-refractivity contribution in [2.45, 2.75) is 45.6 Å². The lowest BCUT2D eigenvalue weighted by Crippen LogP contribution is -2.45. The third-order valence-corrected chi connectivity index (χ3v) is 5.98. The molecular formula is C19H21Cl2N3O5. The second-order valence-corrected chi connectivity index (χ2v) is 8.08. The van der Waals surface area contributed by atoms with Crippen LogP contribution in [0.25, 0.3) is 0 Å². The Hall–Kier alpha value is -2.19. The van der Waals surface area contributed by atoms with Crippen molar-refractivity contribution < 1.29 is 23.9 Å². The Labute approximate surface area is 177 Å². The van der Waals surface area contributed by atoms with E-state index in [0.29, 0.717) is 23.6 Å². The number of hydrogen-bond donors (Lipinski definition) is 1. The first-order chi connectivity index (χ1) is 13.7. The number of amides is 3. The number of nitrogens with zero attached hydrogens (tertiary/aromatic N) is 2. The topological polar surface area (TPSA) is 106 Å². The van der Waals surface area contributed by atoms with E-state index in [1.165, 1.54) is 13.0 Å². The first kappa shape index (κ1) is 21.5. The van der Waals surface area contributed by atoms with E-state index >= 15 is 0 Å². The maximum atomic E-state index is 12.6. The maximum absolute atomic E-state index is 12.6. The highest BCUT2D eigenvalue weighted by atomic mass is 35.5. The zero-order valence-corrected chi connectivity index (χ0v) is 17.5. The van der Waals surface area contributed by atoms with Crippen molar-refractivity contribution in [3.8, 4) is 0 Å². The van der Waals surface area contributed by atoms with Gasteiger partial charge in [0.25, 0.3) is 5.91 Å². The number of halogens is 2. The normalized spacial score (nSPS) is 22.3. The Kier molecular flexibility index (Phi) is 6.43. The van der Waals surface area contributed by atoms with Crippen LogP contribution in [0, 0.1) is 18.8 Å². The molecular weight excluding hydrogens is 421 g/mol. The molecule has 29 heavy (non-hydrogen) atoms. The zero-order valence-electron chi connectivity index (χ0n) is 16.0. The van der Waals surface area contributed by atoms with Crippen molar-refractivity contribution in [3.63, 3.8) is 0 Å². The van der Waals surface area contributed by atoms with Gasteiger partial charge in [0.15, 0.2) is 12.4 Å². The second-order valence-electron chi connectivity index (χ2n) is 7.26. The second kappa shape index (κ2) is 8.67. The lowest BCUT2D eigenvalue weighted by atomic mass is 9.81. The fourth-order valence-corrected chi connectivity index (χ4v) is 4.15. The van der Waals surface area contributed by atoms with E-state index in [-0.39, 0.29) is 34.5 Å². The monoisotopic (exact) mass is 441 g/mol. The third-order valence-electron chi connectivity index (χ3n) is 5.31. The number of imide groups is 1. The van der Waals surface area contributed by atoms with Crippen LogP contribution < -0.4 is 5.32 Å². The van der Waals surface area contributed by atoms with Crippen LogP contribution in [-0.2, 0) is 23.9 Å². The summed E-state index contributed by atoms with van der Waals surface area (Å²) in [6.07, 6.45) is 3.11. The van der Waals surface area contributed by atoms with Crippen molar-refractivity contribution in [1.29, 1.82) is 0 Å². The van der Waals surface area contributed by atoms with Crippen LogP contribution in [0.1, 0.15) is 38.3 Å². The molecule has 3 atom stereocenters. The molecule has 1 aliphatic heterocycles. The van der Waals surface area contributed by atoms with Crippen molar-refractivity contribution in [3.05, 3.63) is 21.8 Å². The number of likely N-dealkylation sites (tertiary alicyclic amines) is 1. The average molecular weight is 442 g/mol. The first-order valence-electron chi connectivity index (χ1n) is 9.36. The predicted molar refractivity (Wildman–Crippen MR) is 105 cm³/mol. The SMILES string of the molecule is Cc1nc(NC(=O)COC(=O)[C@H](C)N2C(=O)[C@H]3CCCC[C@@H]3C2=O)c(Cl)cc1Cl. The summed E-state index contributed by atoms with van der Waals surface area (Å²) < 4.78 is 5.00. The van der Waals surface area contributed by atoms with E-state index in [1.807, 2.05) is 0 Å². The number of esters is 1. The molecule has 2 heterocycles. The highest BCUT2D eigenvalue weighted by Crippen LogP contribution is 2.38. The molecule has 1 N–H and O–H groups in total. The number of rotatable bonds is 5. The van der Waals surface area contributed by atoms with E-state index in [9.17, 15) is 19.2 Å². The number of pyridine rings is 1. The van der Waals surface area contributed by atoms with E-state index in [0.717, 1.165) is 17.7 Å². The standard InChI is InChI=1S/C19H21Cl2N3O5/c1-9-13(20)7-14(21)16(22-9)23-15(25)8-29-19(28)10(2)24-17(26)11-5-3-4-6-12(11)18(24)27/h7,10-12H,3-6,8H2,1-2H3,(H,22,23,25)/t10-,11-,12-/m0/s1. The van der Waals surface area contributed by atoms with E-state index in [2.05, 4.69) is 10.3 Å². The highest BCUT2D eigenvalue weighted by Gasteiger charge is 2.51. The smallest absolute Gasteiger partial charge is 0.329 e. The molecule has 2 fully saturated rings. The number of hydrogen-bond acceptors (Lipinski definition) is 6. The summed E-state index contributed by atoms with van der Waals surface area (Å²) in [6, 6.07) is 0.354. The molecule has 0 bridgehead atoms. The minimum absolute atomic E-state index is 0.0941. The molecule has 1 aliphatic carbocycles. The summed E-state index contributed by atoms with van der Waals surface area (Å²) in [5.74, 6) is -2.76. The Balaban J connectivity index is 1.57. The number of aromatic nitrogens is 1. The van der Waals surface area contributed by atoms with Crippen LogP contribution in [0.2, 0.25) is 10.0 Å². The van der Waals surface area contributed by atoms with Crippen molar-refractivity contribution in [1.82, 2.24) is 9.88 Å². The molecule has 0 spiro atoms. The van der Waals surface area contributed by atoms with Gasteiger partial charge in [-0.2, -0.15) is 0 Å². The van der Waals surface area contributed by atoms with Gasteiger partial charge in [-0.05, 0) is 32.8 Å². The number of anilines is 1. The van der Waals surface area contributed by atoms with Gasteiger partial charge >= 0.3 is 5.97 Å². The molecule has 1 saturated heterocycles. The summed E-state index contributed by atoms with van der Waals surface area (Å²) in [4.78, 5) is 54.6. The van der Waals surface area contributed by atoms with Crippen LogP contribution in [-0.4, -0.2) is 46.2 Å². The molecule has 8 nitrogen and oxygen atoms in total. The van der Waals surface area contributed by atoms with Crippen molar-refractivity contribution in [2.24, 2.45) is 11.8 Å². The quantitative estimate of drug-likeness (QED) is 0.556. The van der Waals surface area contributed by atoms with Crippen LogP contribution in [0.15, 0.2) is 6.07 Å². The summed E-state index contributed by atoms with van der Waals surface area (Å²) in [5, 5.41) is 2.93. The number of fused-ring (bicyclic) bond motifs is 1. The Morgan fingerprint density at radius 3 is 2.38 bits per heavy atom. The van der Waals surface area contributed by atoms with Gasteiger partial charge in [0.1, 0.15) is 6.04 Å². The van der Waals surface area contributed by atoms with E-state index < -0.39 is 24.5 Å². The van der Waals surface area contributed by atoms with Crippen LogP contribution in [0.3, 0.4) is 0 Å². The summed E-state index contributed by atoms with van der Waals surface area (Å²) in [5.41, 5.74) is 0.476. The summed E-state index contributed by atoms with van der Waals surface area (Å²) in [7, 11) is 0. The van der Waals surface area contributed by atoms with E-state index in [1.54, 1.807) is 6.92 Å². The van der Waals surface area contributed by atoms with Gasteiger partial charge < -0.3 is 10.1 Å². The minimum atomic E-state index is -1.09. The van der Waals surface area contributed by atoms with Gasteiger partial charge in [0, 0.05) is 0 Å². The van der Waals surface area contributed by atoms with Gasteiger partial charge in [-0.3, -0.25) is 19.3 Å². The highest BCUT2D eigenvalue weighted by molar-refractivity contribution is 6.36. The summed E-state index contributed by atoms with van der Waals surface area (Å²) in [6.45, 7) is 2.47. The van der Waals surface area contributed by atoms with Gasteiger partial charge in [-0.25, -0.2) is 9.78 Å². The van der Waals surface area contributed by atoms with Crippen LogP contribution in [0.5, 0.6) is 0 Å². The van der Waals surface area contributed by atoms with Gasteiger partial charge in [-0.15, -0.1) is 0 Å². The van der Waals surface area contributed by atoms with Gasteiger partial charge in [-0.1, -0.05) is 36.0 Å². The third kappa shape index (κ3) is 4.38. The lowest BCUT2D eigenvalue weighted by Gasteiger charge is -2.21. The minimum Gasteiger partial charge on any atom is -0.454 e. The van der Waals surface area contributed by atoms with E-state index in [4.69, 9.17) is 27.9 Å². The average Bonchev–Trinajstić information content (AvgIpc) is 2.94. The molecule has 3 amide bonds. The Bertz CT molecular complexity index is 852.